The monoisotopic (exact) mass is 271 g/mol. The predicted octanol–water partition coefficient (Wildman–Crippen LogP) is 2.38. The van der Waals surface area contributed by atoms with Crippen LogP contribution in [0.15, 0.2) is 22.8 Å². The second-order valence-electron chi connectivity index (χ2n) is 3.24. The van der Waals surface area contributed by atoms with Crippen LogP contribution in [0.4, 0.5) is 0 Å². The zero-order valence-corrected chi connectivity index (χ0v) is 10.5. The Hall–Kier alpha value is -0.740. The van der Waals surface area contributed by atoms with E-state index in [1.165, 1.54) is 0 Å². The Bertz CT molecular complexity index is 320. The van der Waals surface area contributed by atoms with Crippen LogP contribution in [0.1, 0.15) is 19.0 Å². The molecule has 0 bridgehead atoms. The van der Waals surface area contributed by atoms with Crippen molar-refractivity contribution in [3.63, 3.8) is 0 Å². The van der Waals surface area contributed by atoms with Gasteiger partial charge in [0.1, 0.15) is 6.10 Å². The van der Waals surface area contributed by atoms with E-state index >= 15 is 0 Å². The van der Waals surface area contributed by atoms with E-state index in [9.17, 15) is 4.79 Å². The number of hydrogen-bond acceptors (Lipinski definition) is 3. The van der Waals surface area contributed by atoms with Crippen LogP contribution in [0.2, 0.25) is 0 Å². The summed E-state index contributed by atoms with van der Waals surface area (Å²) in [6.45, 7) is 1.93. The number of methoxy groups -OCH3 is 1. The van der Waals surface area contributed by atoms with E-state index in [4.69, 9.17) is 4.74 Å². The first kappa shape index (κ1) is 12.3. The molecule has 1 aromatic rings. The van der Waals surface area contributed by atoms with Crippen molar-refractivity contribution in [3.05, 3.63) is 28.5 Å². The molecule has 1 aromatic heterocycles. The molecule has 0 N–H and O–H groups in total. The average molecular weight is 272 g/mol. The molecule has 4 heteroatoms. The van der Waals surface area contributed by atoms with Crippen molar-refractivity contribution in [1.82, 2.24) is 4.98 Å². The molecule has 82 valence electrons. The van der Waals surface area contributed by atoms with Crippen molar-refractivity contribution in [2.45, 2.75) is 25.9 Å². The fraction of sp³-hybridized carbons (Fsp3) is 0.455. The molecule has 1 atom stereocenters. The highest BCUT2D eigenvalue weighted by molar-refractivity contribution is 9.10. The van der Waals surface area contributed by atoms with Crippen molar-refractivity contribution in [1.29, 1.82) is 0 Å². The lowest BCUT2D eigenvalue weighted by Gasteiger charge is -2.10. The Morgan fingerprint density at radius 2 is 2.33 bits per heavy atom. The molecule has 0 saturated carbocycles. The molecule has 1 unspecified atom stereocenters. The lowest BCUT2D eigenvalue weighted by Crippen LogP contribution is -2.24. The molecule has 0 saturated heterocycles. The molecule has 0 amide bonds. The van der Waals surface area contributed by atoms with Gasteiger partial charge < -0.3 is 4.74 Å². The second kappa shape index (κ2) is 5.98. The Morgan fingerprint density at radius 3 is 2.80 bits per heavy atom. The van der Waals surface area contributed by atoms with Gasteiger partial charge in [0.2, 0.25) is 0 Å². The molecular weight excluding hydrogens is 258 g/mol. The quantitative estimate of drug-likeness (QED) is 0.826. The summed E-state index contributed by atoms with van der Waals surface area (Å²) < 4.78 is 5.98. The van der Waals surface area contributed by atoms with Crippen LogP contribution in [-0.2, 0) is 16.0 Å². The average Bonchev–Trinajstić information content (AvgIpc) is 2.23. The van der Waals surface area contributed by atoms with Crippen molar-refractivity contribution in [3.8, 4) is 0 Å². The van der Waals surface area contributed by atoms with Gasteiger partial charge in [-0.1, -0.05) is 6.92 Å². The largest absolute Gasteiger partial charge is 0.374 e. The SMILES string of the molecule is CCC(OC)C(=O)Cc1ccc(Br)cn1. The van der Waals surface area contributed by atoms with Gasteiger partial charge in [0.05, 0.1) is 6.42 Å². The predicted molar refractivity (Wildman–Crippen MR) is 61.7 cm³/mol. The maximum Gasteiger partial charge on any atom is 0.167 e. The lowest BCUT2D eigenvalue weighted by molar-refractivity contribution is -0.128. The molecule has 0 spiro atoms. The van der Waals surface area contributed by atoms with Gasteiger partial charge in [-0.2, -0.15) is 0 Å². The number of hydrogen-bond donors (Lipinski definition) is 0. The standard InChI is InChI=1S/C11H14BrNO2/c1-3-11(15-2)10(14)6-9-5-4-8(12)7-13-9/h4-5,7,11H,3,6H2,1-2H3. The summed E-state index contributed by atoms with van der Waals surface area (Å²) in [5, 5.41) is 0. The van der Waals surface area contributed by atoms with E-state index in [1.807, 2.05) is 19.1 Å². The van der Waals surface area contributed by atoms with E-state index in [-0.39, 0.29) is 11.9 Å². The normalized spacial score (nSPS) is 12.5. The van der Waals surface area contributed by atoms with Gasteiger partial charge in [0, 0.05) is 23.5 Å². The summed E-state index contributed by atoms with van der Waals surface area (Å²) in [6, 6.07) is 3.72. The summed E-state index contributed by atoms with van der Waals surface area (Å²) in [6.07, 6.45) is 2.41. The molecule has 3 nitrogen and oxygen atoms in total. The topological polar surface area (TPSA) is 39.2 Å². The summed E-state index contributed by atoms with van der Waals surface area (Å²) in [5.74, 6) is 0.0785. The zero-order valence-electron chi connectivity index (χ0n) is 8.87. The maximum atomic E-state index is 11.7. The zero-order chi connectivity index (χ0) is 11.3. The molecule has 1 heterocycles. The van der Waals surface area contributed by atoms with Crippen LogP contribution >= 0.6 is 15.9 Å². The first-order chi connectivity index (χ1) is 7.17. The Labute approximate surface area is 98.0 Å². The van der Waals surface area contributed by atoms with E-state index in [2.05, 4.69) is 20.9 Å². The first-order valence-electron chi connectivity index (χ1n) is 4.83. The number of pyridine rings is 1. The van der Waals surface area contributed by atoms with Crippen molar-refractivity contribution in [2.75, 3.05) is 7.11 Å². The van der Waals surface area contributed by atoms with Crippen LogP contribution < -0.4 is 0 Å². The van der Waals surface area contributed by atoms with Crippen LogP contribution in [0, 0.1) is 0 Å². The van der Waals surface area contributed by atoms with Gasteiger partial charge in [0.15, 0.2) is 5.78 Å². The minimum absolute atomic E-state index is 0.0785. The van der Waals surface area contributed by atoms with Crippen LogP contribution in [-0.4, -0.2) is 24.0 Å². The second-order valence-corrected chi connectivity index (χ2v) is 4.16. The van der Waals surface area contributed by atoms with Crippen LogP contribution in [0.25, 0.3) is 0 Å². The number of carbonyl (C=O) groups is 1. The highest BCUT2D eigenvalue weighted by atomic mass is 79.9. The third-order valence-electron chi connectivity index (χ3n) is 2.16. The number of rotatable bonds is 5. The molecule has 0 aromatic carbocycles. The number of ketones is 1. The van der Waals surface area contributed by atoms with Crippen molar-refractivity contribution >= 4 is 21.7 Å². The van der Waals surface area contributed by atoms with Crippen LogP contribution in [0.5, 0.6) is 0 Å². The summed E-state index contributed by atoms with van der Waals surface area (Å²) in [5.41, 5.74) is 0.777. The number of carbonyl (C=O) groups excluding carboxylic acids is 1. The molecule has 1 rings (SSSR count). The van der Waals surface area contributed by atoms with Gasteiger partial charge in [-0.25, -0.2) is 0 Å². The number of Topliss-reactive ketones (excluding diaryl/α,β-unsaturated/α-hetero) is 1. The highest BCUT2D eigenvalue weighted by Crippen LogP contribution is 2.09. The number of ether oxygens (including phenoxy) is 1. The molecule has 0 aliphatic carbocycles. The molecular formula is C11H14BrNO2. The number of nitrogens with zero attached hydrogens (tertiary/aromatic N) is 1. The summed E-state index contributed by atoms with van der Waals surface area (Å²) in [4.78, 5) is 15.8. The maximum absolute atomic E-state index is 11.7. The molecule has 15 heavy (non-hydrogen) atoms. The van der Waals surface area contributed by atoms with Crippen molar-refractivity contribution < 1.29 is 9.53 Å². The van der Waals surface area contributed by atoms with E-state index in [1.54, 1.807) is 13.3 Å². The smallest absolute Gasteiger partial charge is 0.167 e. The highest BCUT2D eigenvalue weighted by Gasteiger charge is 2.15. The first-order valence-corrected chi connectivity index (χ1v) is 5.62. The van der Waals surface area contributed by atoms with Gasteiger partial charge in [-0.3, -0.25) is 9.78 Å². The fourth-order valence-electron chi connectivity index (χ4n) is 1.33. The van der Waals surface area contributed by atoms with Crippen molar-refractivity contribution in [2.24, 2.45) is 0 Å². The molecule has 0 aliphatic rings. The third-order valence-corrected chi connectivity index (χ3v) is 2.63. The lowest BCUT2D eigenvalue weighted by atomic mass is 10.1. The minimum Gasteiger partial charge on any atom is -0.374 e. The molecule has 0 fully saturated rings. The van der Waals surface area contributed by atoms with Gasteiger partial charge in [-0.15, -0.1) is 0 Å². The van der Waals surface area contributed by atoms with E-state index < -0.39 is 0 Å². The summed E-state index contributed by atoms with van der Waals surface area (Å²) >= 11 is 3.30. The van der Waals surface area contributed by atoms with Gasteiger partial charge in [-0.05, 0) is 34.5 Å². The third kappa shape index (κ3) is 3.72. The Morgan fingerprint density at radius 1 is 1.60 bits per heavy atom. The van der Waals surface area contributed by atoms with Gasteiger partial charge >= 0.3 is 0 Å². The van der Waals surface area contributed by atoms with Gasteiger partial charge in [0.25, 0.3) is 0 Å². The number of halogens is 1. The van der Waals surface area contributed by atoms with E-state index in [0.29, 0.717) is 12.8 Å². The molecule has 0 radical (unpaired) electrons. The Kier molecular flexibility index (Phi) is 4.91. The summed E-state index contributed by atoms with van der Waals surface area (Å²) in [7, 11) is 1.56. The number of aromatic nitrogens is 1. The Balaban J connectivity index is 2.61. The molecule has 0 aliphatic heterocycles. The van der Waals surface area contributed by atoms with Crippen LogP contribution in [0.3, 0.4) is 0 Å². The van der Waals surface area contributed by atoms with E-state index in [0.717, 1.165) is 10.2 Å². The minimum atomic E-state index is -0.310. The fourth-order valence-corrected chi connectivity index (χ4v) is 1.56.